The van der Waals surface area contributed by atoms with Gasteiger partial charge in [-0.05, 0) is 23.3 Å². The van der Waals surface area contributed by atoms with E-state index in [1.807, 2.05) is 78.9 Å². The van der Waals surface area contributed by atoms with Gasteiger partial charge in [0.1, 0.15) is 11.5 Å². The molecule has 0 amide bonds. The Morgan fingerprint density at radius 3 is 1.35 bits per heavy atom. The minimum atomic E-state index is -0.874. The van der Waals surface area contributed by atoms with Crippen LogP contribution in [0, 0.1) is 40.5 Å². The van der Waals surface area contributed by atoms with Gasteiger partial charge in [-0.15, -0.1) is 0 Å². The normalized spacial score (nSPS) is 13.3. The summed E-state index contributed by atoms with van der Waals surface area (Å²) in [6.45, 7) is 0. The third-order valence-corrected chi connectivity index (χ3v) is 7.67. The molecule has 4 aromatic rings. The van der Waals surface area contributed by atoms with Crippen LogP contribution in [0.5, 0.6) is 0 Å². The first-order chi connectivity index (χ1) is 23.6. The highest BCUT2D eigenvalue weighted by atomic mass is 16.6. The van der Waals surface area contributed by atoms with E-state index in [4.69, 9.17) is 4.74 Å². The number of non-ortho nitro benzene ring substituents is 2. The fourth-order valence-electron chi connectivity index (χ4n) is 5.55. The van der Waals surface area contributed by atoms with Crippen molar-refractivity contribution in [3.8, 4) is 11.1 Å². The summed E-state index contributed by atoms with van der Waals surface area (Å²) in [5.41, 5.74) is -0.476. The highest BCUT2D eigenvalue weighted by Crippen LogP contribution is 2.54. The molecule has 0 N–H and O–H groups in total. The summed E-state index contributed by atoms with van der Waals surface area (Å²) in [5.74, 6) is 1.32. The second kappa shape index (κ2) is 13.2. The SMILES string of the molecule is O=[N+]([O-])c1cc2c(c([N+](=O)[O-])c1)-c1c(cc([N+](=O)[O-])cc1[N+](=O)[O-])C2=C/C=C/C=C/C=C1C=C(c2ccccc2)OC(c2ccccc2)=C1. The van der Waals surface area contributed by atoms with Gasteiger partial charge in [0.25, 0.3) is 22.7 Å². The van der Waals surface area contributed by atoms with Crippen LogP contribution in [0.25, 0.3) is 28.2 Å². The highest BCUT2D eigenvalue weighted by Gasteiger charge is 2.40. The van der Waals surface area contributed by atoms with Crippen LogP contribution < -0.4 is 0 Å². The molecule has 4 aromatic carbocycles. The molecular weight excluding hydrogens is 632 g/mol. The van der Waals surface area contributed by atoms with Crippen LogP contribution in [-0.4, -0.2) is 19.7 Å². The first-order valence-corrected chi connectivity index (χ1v) is 14.5. The summed E-state index contributed by atoms with van der Waals surface area (Å²) in [6.07, 6.45) is 13.7. The standard InChI is InChI=1S/C36H22N4O9/c41-37(42)26-19-29-28(30-20-27(38(43)44)22-32(40(47)48)36(30)35(29)31(21-26)39(45)46)16-10-2-1-5-11-23-17-33(24-12-6-3-7-13-24)49-34(18-23)25-14-8-4-9-15-25/h1-22H/b5-1+,10-2+. The predicted octanol–water partition coefficient (Wildman–Crippen LogP) is 8.88. The first-order valence-electron chi connectivity index (χ1n) is 14.5. The molecule has 1 aliphatic heterocycles. The van der Waals surface area contributed by atoms with Crippen molar-refractivity contribution in [3.05, 3.63) is 202 Å². The van der Waals surface area contributed by atoms with Gasteiger partial charge in [-0.25, -0.2) is 0 Å². The van der Waals surface area contributed by atoms with E-state index in [0.29, 0.717) is 23.7 Å². The first kappa shape index (κ1) is 31.7. The number of fused-ring (bicyclic) bond motifs is 3. The van der Waals surface area contributed by atoms with Crippen LogP contribution in [0.3, 0.4) is 0 Å². The summed E-state index contributed by atoms with van der Waals surface area (Å²) in [4.78, 5) is 44.0. The number of hydrogen-bond acceptors (Lipinski definition) is 9. The number of hydrogen-bond donors (Lipinski definition) is 0. The van der Waals surface area contributed by atoms with E-state index in [1.54, 1.807) is 18.2 Å². The molecule has 0 spiro atoms. The van der Waals surface area contributed by atoms with Gasteiger partial charge in [-0.1, -0.05) is 97.1 Å². The highest BCUT2D eigenvalue weighted by molar-refractivity contribution is 6.08. The Balaban J connectivity index is 1.40. The molecule has 0 unspecified atom stereocenters. The maximum absolute atomic E-state index is 12.0. The quantitative estimate of drug-likeness (QED) is 0.0851. The Morgan fingerprint density at radius 1 is 0.510 bits per heavy atom. The maximum Gasteiger partial charge on any atom is 0.284 e. The lowest BCUT2D eigenvalue weighted by molar-refractivity contribution is -0.395. The van der Waals surface area contributed by atoms with Crippen LogP contribution in [0.15, 0.2) is 139 Å². The largest absolute Gasteiger partial charge is 0.456 e. The Kier molecular flexibility index (Phi) is 8.55. The molecule has 240 valence electrons. The second-order valence-corrected chi connectivity index (χ2v) is 10.7. The molecule has 0 atom stereocenters. The van der Waals surface area contributed by atoms with Gasteiger partial charge in [-0.2, -0.15) is 0 Å². The Hall–Kier alpha value is -7.28. The third-order valence-electron chi connectivity index (χ3n) is 7.67. The lowest BCUT2D eigenvalue weighted by Crippen LogP contribution is -1.99. The fraction of sp³-hybridized carbons (Fsp3) is 0. The smallest absolute Gasteiger partial charge is 0.284 e. The lowest BCUT2D eigenvalue weighted by atomic mass is 10.0. The zero-order valence-electron chi connectivity index (χ0n) is 25.2. The minimum Gasteiger partial charge on any atom is -0.456 e. The number of benzene rings is 4. The van der Waals surface area contributed by atoms with Crippen molar-refractivity contribution in [1.82, 2.24) is 0 Å². The number of nitro groups is 4. The molecule has 0 bridgehead atoms. The van der Waals surface area contributed by atoms with E-state index in [-0.39, 0.29) is 27.8 Å². The molecule has 0 radical (unpaired) electrons. The van der Waals surface area contributed by atoms with Crippen molar-refractivity contribution in [2.45, 2.75) is 0 Å². The predicted molar refractivity (Wildman–Crippen MR) is 182 cm³/mol. The van der Waals surface area contributed by atoms with Gasteiger partial charge in [0.05, 0.1) is 43.0 Å². The van der Waals surface area contributed by atoms with Gasteiger partial charge in [0, 0.05) is 34.4 Å². The zero-order valence-corrected chi connectivity index (χ0v) is 25.2. The number of nitro benzene ring substituents is 4. The topological polar surface area (TPSA) is 182 Å². The van der Waals surface area contributed by atoms with Gasteiger partial charge >= 0.3 is 0 Å². The number of rotatable bonds is 9. The number of allylic oxidation sites excluding steroid dienone is 9. The molecule has 13 nitrogen and oxygen atoms in total. The molecule has 0 saturated carbocycles. The van der Waals surface area contributed by atoms with Crippen LogP contribution in [0.1, 0.15) is 22.3 Å². The number of nitrogens with zero attached hydrogens (tertiary/aromatic N) is 4. The fourth-order valence-corrected chi connectivity index (χ4v) is 5.55. The van der Waals surface area contributed by atoms with Crippen molar-refractivity contribution in [1.29, 1.82) is 0 Å². The van der Waals surface area contributed by atoms with Crippen LogP contribution >= 0.6 is 0 Å². The monoisotopic (exact) mass is 654 g/mol. The summed E-state index contributed by atoms with van der Waals surface area (Å²) in [6, 6.07) is 22.8. The molecule has 6 rings (SSSR count). The molecule has 0 fully saturated rings. The van der Waals surface area contributed by atoms with E-state index in [9.17, 15) is 40.5 Å². The van der Waals surface area contributed by atoms with Gasteiger partial charge in [0.15, 0.2) is 0 Å². The Labute approximate surface area is 277 Å². The molecule has 0 aromatic heterocycles. The van der Waals surface area contributed by atoms with E-state index in [2.05, 4.69) is 0 Å². The van der Waals surface area contributed by atoms with Gasteiger partial charge < -0.3 is 4.74 Å². The van der Waals surface area contributed by atoms with Crippen molar-refractivity contribution in [2.75, 3.05) is 0 Å². The Bertz CT molecular complexity index is 2110. The molecule has 49 heavy (non-hydrogen) atoms. The summed E-state index contributed by atoms with van der Waals surface area (Å²) < 4.78 is 6.21. The average molecular weight is 655 g/mol. The van der Waals surface area contributed by atoms with Crippen LogP contribution in [0.4, 0.5) is 22.7 Å². The van der Waals surface area contributed by atoms with Crippen molar-refractivity contribution < 1.29 is 24.4 Å². The number of ether oxygens (including phenoxy) is 1. The van der Waals surface area contributed by atoms with Crippen LogP contribution in [-0.2, 0) is 4.74 Å². The van der Waals surface area contributed by atoms with Crippen molar-refractivity contribution >= 4 is 39.8 Å². The molecule has 1 heterocycles. The zero-order chi connectivity index (χ0) is 34.7. The molecule has 13 heteroatoms. The summed E-state index contributed by atoms with van der Waals surface area (Å²) in [5, 5.41) is 47.3. The molecule has 2 aliphatic rings. The third kappa shape index (κ3) is 6.39. The van der Waals surface area contributed by atoms with E-state index in [0.717, 1.165) is 28.8 Å². The van der Waals surface area contributed by atoms with E-state index >= 15 is 0 Å². The van der Waals surface area contributed by atoms with Crippen LogP contribution in [0.2, 0.25) is 0 Å². The lowest BCUT2D eigenvalue weighted by Gasteiger charge is -2.18. The maximum atomic E-state index is 12.0. The minimum absolute atomic E-state index is 0.0328. The van der Waals surface area contributed by atoms with E-state index in [1.165, 1.54) is 12.2 Å². The Morgan fingerprint density at radius 2 is 0.939 bits per heavy atom. The van der Waals surface area contributed by atoms with Gasteiger partial charge in [-0.3, -0.25) is 40.5 Å². The van der Waals surface area contributed by atoms with Crippen molar-refractivity contribution in [3.63, 3.8) is 0 Å². The molecular formula is C36H22N4O9. The average Bonchev–Trinajstić information content (AvgIpc) is 3.42. The van der Waals surface area contributed by atoms with Crippen molar-refractivity contribution in [2.24, 2.45) is 0 Å². The summed E-state index contributed by atoms with van der Waals surface area (Å²) >= 11 is 0. The van der Waals surface area contributed by atoms with E-state index < -0.39 is 42.4 Å². The molecule has 0 saturated heterocycles. The second-order valence-electron chi connectivity index (χ2n) is 10.7. The van der Waals surface area contributed by atoms with Gasteiger partial charge in [0.2, 0.25) is 0 Å². The molecule has 1 aliphatic carbocycles. The summed E-state index contributed by atoms with van der Waals surface area (Å²) in [7, 11) is 0.